The minimum absolute atomic E-state index is 0.00309. The molecule has 0 spiro atoms. The summed E-state index contributed by atoms with van der Waals surface area (Å²) in [5, 5.41) is 11.6. The van der Waals surface area contributed by atoms with Crippen molar-refractivity contribution in [1.82, 2.24) is 0 Å². The number of carbonyl (C=O) groups excluding carboxylic acids is 1. The number of carbonyl (C=O) groups is 1. The molecule has 6 heteroatoms. The molecule has 0 heterocycles. The summed E-state index contributed by atoms with van der Waals surface area (Å²) in [7, 11) is 0. The van der Waals surface area contributed by atoms with Gasteiger partial charge in [0.2, 0.25) is 0 Å². The van der Waals surface area contributed by atoms with Crippen LogP contribution in [-0.2, 0) is 0 Å². The molecule has 4 nitrogen and oxygen atoms in total. The van der Waals surface area contributed by atoms with Crippen LogP contribution in [0.15, 0.2) is 36.4 Å². The van der Waals surface area contributed by atoms with Crippen LogP contribution < -0.4 is 11.1 Å². The zero-order valence-electron chi connectivity index (χ0n) is 9.65. The van der Waals surface area contributed by atoms with Gasteiger partial charge in [0.1, 0.15) is 11.6 Å². The molecular weight excluding hydrogens is 271 g/mol. The summed E-state index contributed by atoms with van der Waals surface area (Å²) in [5.74, 6) is -1.27. The lowest BCUT2D eigenvalue weighted by molar-refractivity contribution is 0.102. The van der Waals surface area contributed by atoms with Gasteiger partial charge in [-0.2, -0.15) is 0 Å². The highest BCUT2D eigenvalue weighted by molar-refractivity contribution is 6.34. The van der Waals surface area contributed by atoms with Crippen molar-refractivity contribution < 1.29 is 14.3 Å². The molecule has 1 amide bonds. The highest BCUT2D eigenvalue weighted by Crippen LogP contribution is 2.23. The van der Waals surface area contributed by atoms with E-state index in [1.807, 2.05) is 0 Å². The number of rotatable bonds is 2. The van der Waals surface area contributed by atoms with Gasteiger partial charge in [-0.05, 0) is 36.4 Å². The number of anilines is 2. The Morgan fingerprint density at radius 1 is 1.26 bits per heavy atom. The molecule has 0 aliphatic carbocycles. The second-order valence-electron chi connectivity index (χ2n) is 3.86. The van der Waals surface area contributed by atoms with Gasteiger partial charge in [0.15, 0.2) is 0 Å². The van der Waals surface area contributed by atoms with Gasteiger partial charge in [0.05, 0.1) is 16.3 Å². The van der Waals surface area contributed by atoms with Gasteiger partial charge < -0.3 is 16.2 Å². The number of phenolic OH excluding ortho intramolecular Hbond substituents is 1. The quantitative estimate of drug-likeness (QED) is 0.740. The van der Waals surface area contributed by atoms with E-state index in [0.29, 0.717) is 0 Å². The standard InChI is InChI=1S/C13H10ClFN2O2/c14-10-6-8(18)2-3-9(10)13(19)17-12-4-1-7(16)5-11(12)15/h1-6,18H,16H2,(H,17,19). The van der Waals surface area contributed by atoms with E-state index in [4.69, 9.17) is 17.3 Å². The van der Waals surface area contributed by atoms with Crippen molar-refractivity contribution in [1.29, 1.82) is 0 Å². The normalized spacial score (nSPS) is 10.2. The number of amides is 1. The van der Waals surface area contributed by atoms with E-state index < -0.39 is 11.7 Å². The summed E-state index contributed by atoms with van der Waals surface area (Å²) in [6, 6.07) is 7.83. The number of hydrogen-bond donors (Lipinski definition) is 3. The first-order chi connectivity index (χ1) is 8.97. The van der Waals surface area contributed by atoms with Crippen molar-refractivity contribution in [2.45, 2.75) is 0 Å². The number of nitrogens with one attached hydrogen (secondary N) is 1. The van der Waals surface area contributed by atoms with Crippen LogP contribution in [0.3, 0.4) is 0 Å². The predicted octanol–water partition coefficient (Wildman–Crippen LogP) is 3.02. The molecule has 2 rings (SSSR count). The van der Waals surface area contributed by atoms with E-state index in [-0.39, 0.29) is 27.7 Å². The number of hydrogen-bond acceptors (Lipinski definition) is 3. The van der Waals surface area contributed by atoms with Crippen molar-refractivity contribution in [2.75, 3.05) is 11.1 Å². The van der Waals surface area contributed by atoms with Gasteiger partial charge in [-0.1, -0.05) is 11.6 Å². The maximum absolute atomic E-state index is 13.5. The first-order valence-electron chi connectivity index (χ1n) is 5.32. The average Bonchev–Trinajstić information content (AvgIpc) is 2.32. The lowest BCUT2D eigenvalue weighted by Gasteiger charge is -2.08. The van der Waals surface area contributed by atoms with E-state index >= 15 is 0 Å². The summed E-state index contributed by atoms with van der Waals surface area (Å²) < 4.78 is 13.5. The van der Waals surface area contributed by atoms with Crippen LogP contribution in [0.2, 0.25) is 5.02 Å². The van der Waals surface area contributed by atoms with Crippen LogP contribution in [0.4, 0.5) is 15.8 Å². The number of aromatic hydroxyl groups is 1. The van der Waals surface area contributed by atoms with Crippen molar-refractivity contribution in [3.63, 3.8) is 0 Å². The minimum Gasteiger partial charge on any atom is -0.508 e. The van der Waals surface area contributed by atoms with Crippen LogP contribution in [-0.4, -0.2) is 11.0 Å². The summed E-state index contributed by atoms with van der Waals surface area (Å²) in [6.45, 7) is 0. The molecule has 2 aromatic rings. The Labute approximate surface area is 113 Å². The number of phenols is 1. The number of nitrogens with two attached hydrogens (primary N) is 1. The summed E-state index contributed by atoms with van der Waals surface area (Å²) in [5.41, 5.74) is 5.81. The van der Waals surface area contributed by atoms with Gasteiger partial charge in [-0.15, -0.1) is 0 Å². The van der Waals surface area contributed by atoms with E-state index in [1.54, 1.807) is 0 Å². The lowest BCUT2D eigenvalue weighted by Crippen LogP contribution is -2.13. The van der Waals surface area contributed by atoms with Crippen LogP contribution in [0.25, 0.3) is 0 Å². The van der Waals surface area contributed by atoms with Gasteiger partial charge in [-0.3, -0.25) is 4.79 Å². The molecule has 0 radical (unpaired) electrons. The molecule has 2 aromatic carbocycles. The predicted molar refractivity (Wildman–Crippen MR) is 71.9 cm³/mol. The van der Waals surface area contributed by atoms with Gasteiger partial charge in [0.25, 0.3) is 5.91 Å². The Kier molecular flexibility index (Phi) is 3.57. The van der Waals surface area contributed by atoms with Crippen LogP contribution in [0.5, 0.6) is 5.75 Å². The van der Waals surface area contributed by atoms with Gasteiger partial charge in [-0.25, -0.2) is 4.39 Å². The largest absolute Gasteiger partial charge is 0.508 e. The lowest BCUT2D eigenvalue weighted by atomic mass is 10.2. The number of benzene rings is 2. The van der Waals surface area contributed by atoms with E-state index in [9.17, 15) is 14.3 Å². The average molecular weight is 281 g/mol. The Morgan fingerprint density at radius 3 is 2.63 bits per heavy atom. The van der Waals surface area contributed by atoms with Crippen molar-refractivity contribution in [3.05, 3.63) is 52.8 Å². The second kappa shape index (κ2) is 5.16. The second-order valence-corrected chi connectivity index (χ2v) is 4.26. The molecule has 19 heavy (non-hydrogen) atoms. The summed E-state index contributed by atoms with van der Waals surface area (Å²) in [4.78, 5) is 11.9. The fraction of sp³-hybridized carbons (Fsp3) is 0. The molecular formula is C13H10ClFN2O2. The maximum Gasteiger partial charge on any atom is 0.257 e. The SMILES string of the molecule is Nc1ccc(NC(=O)c2ccc(O)cc2Cl)c(F)c1. The fourth-order valence-electron chi connectivity index (χ4n) is 1.51. The third kappa shape index (κ3) is 2.95. The third-order valence-electron chi connectivity index (χ3n) is 2.44. The zero-order valence-corrected chi connectivity index (χ0v) is 10.4. The monoisotopic (exact) mass is 280 g/mol. The van der Waals surface area contributed by atoms with Crippen molar-refractivity contribution in [3.8, 4) is 5.75 Å². The molecule has 0 aliphatic rings. The molecule has 0 saturated heterocycles. The molecule has 0 saturated carbocycles. The van der Waals surface area contributed by atoms with Crippen molar-refractivity contribution >= 4 is 28.9 Å². The first kappa shape index (κ1) is 13.2. The zero-order chi connectivity index (χ0) is 14.0. The number of nitrogen functional groups attached to an aromatic ring is 1. The molecule has 98 valence electrons. The van der Waals surface area contributed by atoms with E-state index in [2.05, 4.69) is 5.32 Å². The Bertz CT molecular complexity index is 647. The molecule has 0 bridgehead atoms. The van der Waals surface area contributed by atoms with Crippen LogP contribution in [0, 0.1) is 5.82 Å². The van der Waals surface area contributed by atoms with Crippen molar-refractivity contribution in [2.24, 2.45) is 0 Å². The Hall–Kier alpha value is -2.27. The maximum atomic E-state index is 13.5. The first-order valence-corrected chi connectivity index (χ1v) is 5.70. The Balaban J connectivity index is 2.25. The number of halogens is 2. The van der Waals surface area contributed by atoms with E-state index in [0.717, 1.165) is 6.07 Å². The molecule has 0 atom stereocenters. The molecule has 0 unspecified atom stereocenters. The third-order valence-corrected chi connectivity index (χ3v) is 2.75. The van der Waals surface area contributed by atoms with E-state index in [1.165, 1.54) is 30.3 Å². The minimum atomic E-state index is -0.636. The van der Waals surface area contributed by atoms with Crippen LogP contribution in [0.1, 0.15) is 10.4 Å². The molecule has 0 aliphatic heterocycles. The van der Waals surface area contributed by atoms with Gasteiger partial charge in [0, 0.05) is 5.69 Å². The summed E-state index contributed by atoms with van der Waals surface area (Å²) in [6.07, 6.45) is 0. The Morgan fingerprint density at radius 2 is 2.00 bits per heavy atom. The highest BCUT2D eigenvalue weighted by atomic mass is 35.5. The highest BCUT2D eigenvalue weighted by Gasteiger charge is 2.13. The fourth-order valence-corrected chi connectivity index (χ4v) is 1.77. The topological polar surface area (TPSA) is 75.3 Å². The van der Waals surface area contributed by atoms with Crippen LogP contribution >= 0.6 is 11.6 Å². The molecule has 0 fully saturated rings. The smallest absolute Gasteiger partial charge is 0.257 e. The molecule has 4 N–H and O–H groups in total. The molecule has 0 aromatic heterocycles. The van der Waals surface area contributed by atoms with Gasteiger partial charge >= 0.3 is 0 Å². The summed E-state index contributed by atoms with van der Waals surface area (Å²) >= 11 is 5.82.